The highest BCUT2D eigenvalue weighted by molar-refractivity contribution is 6.55. The van der Waals surface area contributed by atoms with Crippen molar-refractivity contribution in [2.45, 2.75) is 75.4 Å². The van der Waals surface area contributed by atoms with Crippen LogP contribution in [0, 0.1) is 0 Å². The number of hydrogen-bond acceptors (Lipinski definition) is 24. The van der Waals surface area contributed by atoms with Crippen LogP contribution in [0.2, 0.25) is 0 Å². The summed E-state index contributed by atoms with van der Waals surface area (Å²) in [6, 6.07) is 8.38. The Kier molecular flexibility index (Phi) is 27.3. The Morgan fingerprint density at radius 1 is 0.681 bits per heavy atom. The number of nitrogens with one attached hydrogen (secondary N) is 2. The second-order valence-corrected chi connectivity index (χ2v) is 15.5. The van der Waals surface area contributed by atoms with E-state index in [9.17, 15) is 59.7 Å². The van der Waals surface area contributed by atoms with E-state index in [1.807, 2.05) is 4.90 Å². The van der Waals surface area contributed by atoms with Gasteiger partial charge in [-0.05, 0) is 35.4 Å². The number of aliphatic carboxylic acids is 1. The van der Waals surface area contributed by atoms with Crippen LogP contribution in [0.1, 0.15) is 38.8 Å². The summed E-state index contributed by atoms with van der Waals surface area (Å²) in [6.07, 6.45) is -15.2. The molecule has 2 aliphatic rings. The molecule has 0 aliphatic carbocycles. The quantitative estimate of drug-likeness (QED) is 0.0214. The molecule has 2 aliphatic heterocycles. The topological polar surface area (TPSA) is 381 Å². The Hall–Kier alpha value is -5.69. The van der Waals surface area contributed by atoms with Crippen LogP contribution in [0.4, 0.5) is 4.79 Å². The molecule has 2 saturated heterocycles. The van der Waals surface area contributed by atoms with E-state index in [0.717, 1.165) is 0 Å². The number of hydrogen-bond donors (Lipinski definition) is 9. The van der Waals surface area contributed by atoms with E-state index in [0.29, 0.717) is 50.6 Å². The maximum Gasteiger partial charge on any atom is 0.373 e. The lowest BCUT2D eigenvalue weighted by atomic mass is 9.99. The number of aliphatic hydroxyl groups excluding tert-OH is 6. The molecular weight excluding hydrogens is 965 g/mol. The molecule has 4 rings (SSSR count). The van der Waals surface area contributed by atoms with Crippen LogP contribution in [0.3, 0.4) is 0 Å². The first kappa shape index (κ1) is 60.6. The van der Waals surface area contributed by atoms with Crippen LogP contribution < -0.4 is 20.1 Å². The second-order valence-electron chi connectivity index (χ2n) is 15.5. The van der Waals surface area contributed by atoms with E-state index in [1.165, 1.54) is 37.3 Å². The lowest BCUT2D eigenvalue weighted by Gasteiger charge is -2.38. The molecule has 27 nitrogen and oxygen atoms in total. The van der Waals surface area contributed by atoms with Crippen molar-refractivity contribution in [2.75, 3.05) is 92.7 Å². The molecule has 2 amide bonds. The number of nitrogens with zero attached hydrogens (tertiary/aromatic N) is 1. The molecule has 0 bridgehead atoms. The summed E-state index contributed by atoms with van der Waals surface area (Å²) in [4.78, 5) is 79.2. The summed E-state index contributed by atoms with van der Waals surface area (Å²) in [5.74, 6) is -4.75. The zero-order chi connectivity index (χ0) is 53.2. The van der Waals surface area contributed by atoms with Gasteiger partial charge in [0.15, 0.2) is 6.10 Å². The van der Waals surface area contributed by atoms with Gasteiger partial charge in [0.1, 0.15) is 61.3 Å². The monoisotopic (exact) mass is 1030 g/mol. The molecular formula is C44H60BN3O24. The maximum atomic E-state index is 13.4. The zero-order valence-electron chi connectivity index (χ0n) is 39.4. The molecule has 2 fully saturated rings. The Labute approximate surface area is 413 Å². The largest absolute Gasteiger partial charge is 0.479 e. The zero-order valence-corrected chi connectivity index (χ0v) is 39.4. The highest BCUT2D eigenvalue weighted by Gasteiger charge is 2.48. The summed E-state index contributed by atoms with van der Waals surface area (Å²) < 4.78 is 54.0. The summed E-state index contributed by atoms with van der Waals surface area (Å²) in [5.41, 5.74) is 0.641. The first-order valence-corrected chi connectivity index (χ1v) is 22.1. The number of ether oxygens (including phenoxy) is 10. The summed E-state index contributed by atoms with van der Waals surface area (Å²) in [6.45, 7) is 3.67. The number of carbonyl (C=O) groups is 5. The molecule has 2 radical (unpaired) electrons. The normalized spacial score (nSPS) is 22.6. The lowest BCUT2D eigenvalue weighted by molar-refractivity contribution is -0.271. The van der Waals surface area contributed by atoms with Crippen LogP contribution in [0.25, 0.3) is 0 Å². The van der Waals surface area contributed by atoms with E-state index in [4.69, 9.17) is 64.8 Å². The van der Waals surface area contributed by atoms with Crippen molar-refractivity contribution in [2.24, 2.45) is 0 Å². The molecule has 72 heavy (non-hydrogen) atoms. The fourth-order valence-corrected chi connectivity index (χ4v) is 6.54. The average Bonchev–Trinajstić information content (AvgIpc) is 3.35. The van der Waals surface area contributed by atoms with E-state index in [1.54, 1.807) is 13.2 Å². The number of amides is 2. The van der Waals surface area contributed by atoms with E-state index in [-0.39, 0.29) is 88.1 Å². The van der Waals surface area contributed by atoms with Gasteiger partial charge < -0.3 is 93.7 Å². The van der Waals surface area contributed by atoms with Crippen molar-refractivity contribution >= 4 is 43.6 Å². The van der Waals surface area contributed by atoms with Crippen LogP contribution in [0.15, 0.2) is 36.4 Å². The highest BCUT2D eigenvalue weighted by atomic mass is 16.7. The molecule has 2 aromatic rings. The van der Waals surface area contributed by atoms with Crippen molar-refractivity contribution in [3.63, 3.8) is 0 Å². The van der Waals surface area contributed by atoms with Crippen molar-refractivity contribution in [1.82, 2.24) is 15.5 Å². The number of aliphatic hydroxyl groups is 6. The van der Waals surface area contributed by atoms with Gasteiger partial charge in [-0.1, -0.05) is 12.1 Å². The average molecular weight is 1030 g/mol. The minimum absolute atomic E-state index is 0.00251. The SMILES string of the molecule is O=C=O.[B]C(=O)OCc1ccc(O[C@@H]2O[C@H](C(=O)O)[C@@H](O)[C@H](O)[C@H]2O)c(C(=O)NCCOCCN(CCOCCNC(=O)c2cc(COC(C)=O)ccc2O[C@@H]2OC[C@@H](O)[C@H](O)[C@H]2O)CCOCCOC)c1. The number of carboxylic acid groups (broad SMARTS) is 1. The van der Waals surface area contributed by atoms with Gasteiger partial charge in [0.05, 0.1) is 64.0 Å². The van der Waals surface area contributed by atoms with E-state index in [2.05, 4.69) is 10.6 Å². The Bertz CT molecular complexity index is 2060. The third-order valence-electron chi connectivity index (χ3n) is 10.3. The summed E-state index contributed by atoms with van der Waals surface area (Å²) in [5, 5.41) is 75.8. The Balaban J connectivity index is 0.00000445. The van der Waals surface area contributed by atoms with Gasteiger partial charge in [-0.15, -0.1) is 0 Å². The van der Waals surface area contributed by atoms with Crippen molar-refractivity contribution in [3.05, 3.63) is 58.7 Å². The Morgan fingerprint density at radius 3 is 1.65 bits per heavy atom. The lowest BCUT2D eigenvalue weighted by Crippen LogP contribution is -2.61. The summed E-state index contributed by atoms with van der Waals surface area (Å²) in [7, 11) is 6.63. The first-order valence-electron chi connectivity index (χ1n) is 22.1. The minimum Gasteiger partial charge on any atom is -0.479 e. The van der Waals surface area contributed by atoms with Gasteiger partial charge in [-0.3, -0.25) is 24.1 Å². The highest BCUT2D eigenvalue weighted by Crippen LogP contribution is 2.29. The predicted molar refractivity (Wildman–Crippen MR) is 238 cm³/mol. The fourth-order valence-electron chi connectivity index (χ4n) is 6.54. The first-order chi connectivity index (χ1) is 34.4. The fraction of sp³-hybridized carbons (Fsp3) is 0.591. The van der Waals surface area contributed by atoms with Gasteiger partial charge in [-0.2, -0.15) is 9.59 Å². The third kappa shape index (κ3) is 20.4. The Morgan fingerprint density at radius 2 is 1.17 bits per heavy atom. The second kappa shape index (κ2) is 32.4. The minimum atomic E-state index is -1.97. The molecule has 398 valence electrons. The number of methoxy groups -OCH3 is 1. The van der Waals surface area contributed by atoms with Gasteiger partial charge in [0.25, 0.3) is 11.8 Å². The maximum absolute atomic E-state index is 13.4. The molecule has 2 aromatic carbocycles. The molecule has 28 heteroatoms. The molecule has 0 aromatic heterocycles. The summed E-state index contributed by atoms with van der Waals surface area (Å²) >= 11 is 0. The number of benzene rings is 2. The molecule has 9 atom stereocenters. The molecule has 2 heterocycles. The van der Waals surface area contributed by atoms with Crippen molar-refractivity contribution in [1.29, 1.82) is 0 Å². The van der Waals surface area contributed by atoms with E-state index >= 15 is 0 Å². The molecule has 0 saturated carbocycles. The van der Waals surface area contributed by atoms with Crippen LogP contribution >= 0.6 is 0 Å². The predicted octanol–water partition coefficient (Wildman–Crippen LogP) is -3.78. The molecule has 0 spiro atoms. The van der Waals surface area contributed by atoms with Crippen LogP contribution in [0.5, 0.6) is 11.5 Å². The third-order valence-corrected chi connectivity index (χ3v) is 10.3. The standard InChI is InChI=1S/C43H60BN3O22.CO2/c1-24(48)64-21-25-3-5-30(67-41-35(53)32(50)29(49)23-65-41)27(19-25)38(55)45-7-12-61-14-9-47(11-16-63-18-17-60-2)10-15-62-13-8-46-39(56)28-20-26(22-66-43(44)59)4-6-31(28)68-42-36(54)33(51)34(52)37(69-42)40(57)58;2-1-3/h3-6,19-20,29,32-37,41-42,49-54H,7-18,21-23H2,1-2H3,(H,45,55)(H,46,56)(H,57,58);/t29-,32+,33+,34+,35-,36-,37+,41+,42-;/m1./s1. The smallest absolute Gasteiger partial charge is 0.373 e. The van der Waals surface area contributed by atoms with Gasteiger partial charge in [-0.25, -0.2) is 4.79 Å². The van der Waals surface area contributed by atoms with Gasteiger partial charge in [0.2, 0.25) is 26.3 Å². The van der Waals surface area contributed by atoms with E-state index < -0.39 is 84.9 Å². The van der Waals surface area contributed by atoms with Crippen LogP contribution in [-0.2, 0) is 70.3 Å². The van der Waals surface area contributed by atoms with Gasteiger partial charge >= 0.3 is 18.1 Å². The molecule has 9 N–H and O–H groups in total. The van der Waals surface area contributed by atoms with Gasteiger partial charge in [0, 0.05) is 46.8 Å². The molecule has 0 unspecified atom stereocenters. The van der Waals surface area contributed by atoms with Crippen LogP contribution in [-0.4, -0.2) is 232 Å². The number of carboxylic acids is 1. The number of rotatable bonds is 29. The van der Waals surface area contributed by atoms with Crippen molar-refractivity contribution < 1.29 is 117 Å². The number of carbonyl (C=O) groups excluding carboxylic acids is 6. The van der Waals surface area contributed by atoms with Crippen molar-refractivity contribution in [3.8, 4) is 11.5 Å². The number of esters is 1.